The van der Waals surface area contributed by atoms with Crippen LogP contribution >= 0.6 is 0 Å². The molecule has 2 unspecified atom stereocenters. The third kappa shape index (κ3) is 4.85. The van der Waals surface area contributed by atoms with Gasteiger partial charge in [0.1, 0.15) is 0 Å². The molecule has 0 radical (unpaired) electrons. The van der Waals surface area contributed by atoms with Gasteiger partial charge in [0.25, 0.3) is 0 Å². The summed E-state index contributed by atoms with van der Waals surface area (Å²) in [5.74, 6) is 0.679. The van der Waals surface area contributed by atoms with Gasteiger partial charge in [-0.2, -0.15) is 0 Å². The van der Waals surface area contributed by atoms with Crippen molar-refractivity contribution in [3.05, 3.63) is 35.9 Å². The summed E-state index contributed by atoms with van der Waals surface area (Å²) in [7, 11) is 0. The Balaban J connectivity index is 1.74. The van der Waals surface area contributed by atoms with Crippen LogP contribution in [0.25, 0.3) is 0 Å². The molecule has 1 aromatic rings. The number of nitrogens with one attached hydrogen (secondary N) is 1. The summed E-state index contributed by atoms with van der Waals surface area (Å²) >= 11 is 0. The zero-order valence-corrected chi connectivity index (χ0v) is 13.1. The van der Waals surface area contributed by atoms with Gasteiger partial charge in [0.05, 0.1) is 5.92 Å². The van der Waals surface area contributed by atoms with Gasteiger partial charge in [-0.25, -0.2) is 0 Å². The van der Waals surface area contributed by atoms with Crippen molar-refractivity contribution in [1.82, 2.24) is 5.32 Å². The largest absolute Gasteiger partial charge is 0.356 e. The van der Waals surface area contributed by atoms with Crippen molar-refractivity contribution in [3.8, 4) is 0 Å². The van der Waals surface area contributed by atoms with Gasteiger partial charge in [-0.05, 0) is 17.9 Å². The first-order valence-corrected chi connectivity index (χ1v) is 8.26. The highest BCUT2D eigenvalue weighted by molar-refractivity contribution is 5.79. The molecule has 0 saturated heterocycles. The summed E-state index contributed by atoms with van der Waals surface area (Å²) in [5, 5.41) is 3.06. The van der Waals surface area contributed by atoms with E-state index in [0.717, 1.165) is 24.4 Å². The Bertz CT molecular complexity index is 426. The van der Waals surface area contributed by atoms with E-state index >= 15 is 0 Å². The molecule has 0 heterocycles. The molecule has 1 aromatic carbocycles. The second-order valence-corrected chi connectivity index (χ2v) is 6.31. The van der Waals surface area contributed by atoms with Crippen LogP contribution in [0.2, 0.25) is 0 Å². The molecule has 2 rings (SSSR count). The SMILES string of the molecule is CC(C(=O)NCCC1CCCCC1)C(N)c1ccccc1. The minimum Gasteiger partial charge on any atom is -0.356 e. The van der Waals surface area contributed by atoms with Gasteiger partial charge in [0.15, 0.2) is 0 Å². The summed E-state index contributed by atoms with van der Waals surface area (Å²) in [5.41, 5.74) is 7.21. The summed E-state index contributed by atoms with van der Waals surface area (Å²) < 4.78 is 0. The average molecular weight is 288 g/mol. The van der Waals surface area contributed by atoms with Gasteiger partial charge < -0.3 is 11.1 Å². The third-order valence-electron chi connectivity index (χ3n) is 4.71. The molecule has 2 atom stereocenters. The fourth-order valence-electron chi connectivity index (χ4n) is 3.16. The number of carbonyl (C=O) groups is 1. The van der Waals surface area contributed by atoms with E-state index in [1.807, 2.05) is 37.3 Å². The van der Waals surface area contributed by atoms with Crippen LogP contribution in [-0.2, 0) is 4.79 Å². The minimum atomic E-state index is -0.235. The van der Waals surface area contributed by atoms with Crippen LogP contribution in [0.3, 0.4) is 0 Å². The molecule has 1 aliphatic rings. The molecule has 1 aliphatic carbocycles. The van der Waals surface area contributed by atoms with Crippen molar-refractivity contribution in [2.75, 3.05) is 6.54 Å². The van der Waals surface area contributed by atoms with E-state index in [0.29, 0.717) is 0 Å². The van der Waals surface area contributed by atoms with Gasteiger partial charge in [0, 0.05) is 12.6 Å². The molecular formula is C18H28N2O. The van der Waals surface area contributed by atoms with Crippen molar-refractivity contribution in [1.29, 1.82) is 0 Å². The van der Waals surface area contributed by atoms with Crippen molar-refractivity contribution in [2.45, 2.75) is 51.5 Å². The standard InChI is InChI=1S/C18H28N2O/c1-14(17(19)16-10-6-3-7-11-16)18(21)20-13-12-15-8-4-2-5-9-15/h3,6-7,10-11,14-15,17H,2,4-5,8-9,12-13,19H2,1H3,(H,20,21). The molecule has 3 N–H and O–H groups in total. The number of rotatable bonds is 6. The van der Waals surface area contributed by atoms with Crippen LogP contribution in [0.4, 0.5) is 0 Å². The van der Waals surface area contributed by atoms with Crippen molar-refractivity contribution < 1.29 is 4.79 Å². The lowest BCUT2D eigenvalue weighted by Crippen LogP contribution is -2.36. The fraction of sp³-hybridized carbons (Fsp3) is 0.611. The first kappa shape index (κ1) is 16.0. The Labute approximate surface area is 128 Å². The van der Waals surface area contributed by atoms with Crippen molar-refractivity contribution in [2.24, 2.45) is 17.6 Å². The molecule has 3 nitrogen and oxygen atoms in total. The summed E-state index contributed by atoms with van der Waals surface area (Å²) in [6.07, 6.45) is 7.86. The highest BCUT2D eigenvalue weighted by Gasteiger charge is 2.22. The predicted octanol–water partition coefficient (Wildman–Crippen LogP) is 3.41. The van der Waals surface area contributed by atoms with Gasteiger partial charge in [-0.3, -0.25) is 4.79 Å². The molecule has 0 spiro atoms. The number of carbonyl (C=O) groups excluding carboxylic acids is 1. The second kappa shape index (κ2) is 8.18. The molecule has 116 valence electrons. The van der Waals surface area contributed by atoms with Crippen LogP contribution in [0.15, 0.2) is 30.3 Å². The number of benzene rings is 1. The van der Waals surface area contributed by atoms with E-state index in [2.05, 4.69) is 5.32 Å². The van der Waals surface area contributed by atoms with Gasteiger partial charge >= 0.3 is 0 Å². The van der Waals surface area contributed by atoms with E-state index in [1.54, 1.807) is 0 Å². The first-order chi connectivity index (χ1) is 10.2. The molecule has 0 aliphatic heterocycles. The van der Waals surface area contributed by atoms with Crippen LogP contribution in [0, 0.1) is 11.8 Å². The van der Waals surface area contributed by atoms with Crippen molar-refractivity contribution >= 4 is 5.91 Å². The number of amides is 1. The van der Waals surface area contributed by atoms with Crippen LogP contribution in [0.5, 0.6) is 0 Å². The molecular weight excluding hydrogens is 260 g/mol. The molecule has 1 fully saturated rings. The van der Waals surface area contributed by atoms with E-state index in [-0.39, 0.29) is 17.9 Å². The van der Waals surface area contributed by atoms with E-state index < -0.39 is 0 Å². The lowest BCUT2D eigenvalue weighted by Gasteiger charge is -2.23. The van der Waals surface area contributed by atoms with Gasteiger partial charge in [-0.15, -0.1) is 0 Å². The topological polar surface area (TPSA) is 55.1 Å². The normalized spacial score (nSPS) is 19.0. The molecule has 1 amide bonds. The van der Waals surface area contributed by atoms with E-state index in [4.69, 9.17) is 5.73 Å². The maximum Gasteiger partial charge on any atom is 0.224 e. The Kier molecular flexibility index (Phi) is 6.24. The maximum absolute atomic E-state index is 12.2. The maximum atomic E-state index is 12.2. The molecule has 1 saturated carbocycles. The predicted molar refractivity (Wildman–Crippen MR) is 86.7 cm³/mol. The van der Waals surface area contributed by atoms with Gasteiger partial charge in [-0.1, -0.05) is 69.4 Å². The highest BCUT2D eigenvalue weighted by Crippen LogP contribution is 2.26. The van der Waals surface area contributed by atoms with Crippen LogP contribution < -0.4 is 11.1 Å². The number of hydrogen-bond donors (Lipinski definition) is 2. The fourth-order valence-corrected chi connectivity index (χ4v) is 3.16. The monoisotopic (exact) mass is 288 g/mol. The Morgan fingerprint density at radius 2 is 1.90 bits per heavy atom. The second-order valence-electron chi connectivity index (χ2n) is 6.31. The molecule has 3 heteroatoms. The number of hydrogen-bond acceptors (Lipinski definition) is 2. The number of nitrogens with two attached hydrogens (primary N) is 1. The Morgan fingerprint density at radius 1 is 1.24 bits per heavy atom. The van der Waals surface area contributed by atoms with E-state index in [9.17, 15) is 4.79 Å². The summed E-state index contributed by atoms with van der Waals surface area (Å²) in [4.78, 5) is 12.2. The average Bonchev–Trinajstić information content (AvgIpc) is 2.55. The molecule has 0 bridgehead atoms. The third-order valence-corrected chi connectivity index (χ3v) is 4.71. The summed E-state index contributed by atoms with van der Waals surface area (Å²) in [6, 6.07) is 9.62. The van der Waals surface area contributed by atoms with E-state index in [1.165, 1.54) is 32.1 Å². The quantitative estimate of drug-likeness (QED) is 0.843. The Hall–Kier alpha value is -1.35. The first-order valence-electron chi connectivity index (χ1n) is 8.26. The molecule has 21 heavy (non-hydrogen) atoms. The lowest BCUT2D eigenvalue weighted by molar-refractivity contribution is -0.125. The van der Waals surface area contributed by atoms with Gasteiger partial charge in [0.2, 0.25) is 5.91 Å². The Morgan fingerprint density at radius 3 is 2.57 bits per heavy atom. The smallest absolute Gasteiger partial charge is 0.224 e. The zero-order valence-electron chi connectivity index (χ0n) is 13.1. The molecule has 0 aromatic heterocycles. The minimum absolute atomic E-state index is 0.0714. The zero-order chi connectivity index (χ0) is 15.1. The summed E-state index contributed by atoms with van der Waals surface area (Å²) in [6.45, 7) is 2.70. The lowest BCUT2D eigenvalue weighted by atomic mass is 9.87. The van der Waals surface area contributed by atoms with Crippen LogP contribution in [-0.4, -0.2) is 12.5 Å². The van der Waals surface area contributed by atoms with Crippen molar-refractivity contribution in [3.63, 3.8) is 0 Å². The highest BCUT2D eigenvalue weighted by atomic mass is 16.1. The van der Waals surface area contributed by atoms with Crippen LogP contribution in [0.1, 0.15) is 57.1 Å².